The Morgan fingerprint density at radius 2 is 1.74 bits per heavy atom. The van der Waals surface area contributed by atoms with Crippen molar-refractivity contribution in [3.05, 3.63) is 71.4 Å². The number of nitrogens with zero attached hydrogens (tertiary/aromatic N) is 3. The predicted octanol–water partition coefficient (Wildman–Crippen LogP) is 3.29. The van der Waals surface area contributed by atoms with Gasteiger partial charge in [-0.1, -0.05) is 29.8 Å². The van der Waals surface area contributed by atoms with E-state index in [0.29, 0.717) is 53.1 Å². The summed E-state index contributed by atoms with van der Waals surface area (Å²) in [6.45, 7) is 0.602. The number of unbranched alkanes of at least 4 members (excludes halogenated alkanes) is 1. The smallest absolute Gasteiger partial charge is 0.240 e. The number of fused-ring (bicyclic) bond motifs is 1. The Hall–Kier alpha value is -3.02. The third kappa shape index (κ3) is 5.38. The molecule has 2 radical (unpaired) electrons. The standard InChI is InChI=1S/C22H19BClF2N5O2S/c23-18-13-28-31-21(12-20(30-22(18)31)17-5-1-2-6-19(17)24)27-7-3-4-8-29-34(32,33)16-10-14(25)9-15(26)11-16/h1-2,5-6,9-13,27,29H,3-4,7-8H2. The van der Waals surface area contributed by atoms with Crippen LogP contribution in [0.3, 0.4) is 0 Å². The minimum absolute atomic E-state index is 0.105. The number of hydrogen-bond donors (Lipinski definition) is 2. The molecule has 0 aliphatic rings. The van der Waals surface area contributed by atoms with Gasteiger partial charge in [-0.25, -0.2) is 26.9 Å². The number of anilines is 1. The first-order valence-electron chi connectivity index (χ1n) is 10.3. The maximum absolute atomic E-state index is 13.3. The fourth-order valence-corrected chi connectivity index (χ4v) is 4.70. The number of aromatic nitrogens is 3. The summed E-state index contributed by atoms with van der Waals surface area (Å²) in [5, 5.41) is 8.06. The average molecular weight is 502 g/mol. The Bertz CT molecular complexity index is 1430. The number of rotatable bonds is 9. The van der Waals surface area contributed by atoms with Crippen molar-refractivity contribution in [3.63, 3.8) is 0 Å². The van der Waals surface area contributed by atoms with Crippen LogP contribution in [0.1, 0.15) is 12.8 Å². The number of hydrogen-bond acceptors (Lipinski definition) is 5. The Balaban J connectivity index is 1.39. The summed E-state index contributed by atoms with van der Waals surface area (Å²) in [6, 6.07) is 11.3. The van der Waals surface area contributed by atoms with Crippen LogP contribution in [0.4, 0.5) is 14.6 Å². The number of nitrogens with one attached hydrogen (secondary N) is 2. The van der Waals surface area contributed by atoms with Gasteiger partial charge >= 0.3 is 0 Å². The third-order valence-corrected chi connectivity index (χ3v) is 6.77. The van der Waals surface area contributed by atoms with Gasteiger partial charge in [-0.3, -0.25) is 0 Å². The van der Waals surface area contributed by atoms with E-state index < -0.39 is 26.6 Å². The van der Waals surface area contributed by atoms with Gasteiger partial charge in [-0.2, -0.15) is 9.61 Å². The maximum atomic E-state index is 13.3. The molecule has 0 amide bonds. The molecule has 4 rings (SSSR count). The molecular formula is C22H19BClF2N5O2S. The van der Waals surface area contributed by atoms with Crippen molar-refractivity contribution >= 4 is 46.4 Å². The van der Waals surface area contributed by atoms with Gasteiger partial charge in [0.05, 0.1) is 10.6 Å². The van der Waals surface area contributed by atoms with Crippen LogP contribution >= 0.6 is 11.6 Å². The summed E-state index contributed by atoms with van der Waals surface area (Å²) >= 11 is 6.32. The zero-order chi connectivity index (χ0) is 24.3. The Labute approximate surface area is 201 Å². The minimum atomic E-state index is -4.01. The molecule has 2 heterocycles. The van der Waals surface area contributed by atoms with Gasteiger partial charge in [-0.05, 0) is 36.5 Å². The van der Waals surface area contributed by atoms with Gasteiger partial charge in [0.25, 0.3) is 0 Å². The van der Waals surface area contributed by atoms with Gasteiger partial charge in [0, 0.05) is 42.0 Å². The second-order valence-electron chi connectivity index (χ2n) is 7.48. The SMILES string of the molecule is [B]c1cnn2c(NCCCCNS(=O)(=O)c3cc(F)cc(F)c3)cc(-c3ccccc3Cl)nc12. The molecule has 34 heavy (non-hydrogen) atoms. The summed E-state index contributed by atoms with van der Waals surface area (Å²) in [4.78, 5) is 4.12. The van der Waals surface area contributed by atoms with Crippen LogP contribution in [-0.4, -0.2) is 44.0 Å². The highest BCUT2D eigenvalue weighted by Gasteiger charge is 2.16. The third-order valence-electron chi connectivity index (χ3n) is 5.00. The lowest BCUT2D eigenvalue weighted by atomic mass is 10.0. The zero-order valence-corrected chi connectivity index (χ0v) is 19.4. The summed E-state index contributed by atoms with van der Waals surface area (Å²) in [5.41, 5.74) is 2.27. The topological polar surface area (TPSA) is 88.4 Å². The van der Waals surface area contributed by atoms with Crippen molar-refractivity contribution in [2.24, 2.45) is 0 Å². The highest BCUT2D eigenvalue weighted by atomic mass is 35.5. The molecule has 0 fully saturated rings. The minimum Gasteiger partial charge on any atom is -0.370 e. The Morgan fingerprint density at radius 1 is 1.03 bits per heavy atom. The monoisotopic (exact) mass is 501 g/mol. The molecule has 0 aliphatic heterocycles. The quantitative estimate of drug-likeness (QED) is 0.271. The van der Waals surface area contributed by atoms with E-state index >= 15 is 0 Å². The molecular weight excluding hydrogens is 483 g/mol. The van der Waals surface area contributed by atoms with Crippen molar-refractivity contribution in [2.45, 2.75) is 17.7 Å². The first-order valence-corrected chi connectivity index (χ1v) is 12.2. The van der Waals surface area contributed by atoms with Gasteiger partial charge in [0.2, 0.25) is 10.0 Å². The highest BCUT2D eigenvalue weighted by molar-refractivity contribution is 7.89. The average Bonchev–Trinajstić information content (AvgIpc) is 3.16. The molecule has 0 saturated carbocycles. The largest absolute Gasteiger partial charge is 0.370 e. The van der Waals surface area contributed by atoms with Gasteiger partial charge < -0.3 is 5.32 Å². The maximum Gasteiger partial charge on any atom is 0.240 e. The first kappa shape index (κ1) is 24.1. The number of benzene rings is 2. The van der Waals surface area contributed by atoms with E-state index in [2.05, 4.69) is 20.1 Å². The lowest BCUT2D eigenvalue weighted by molar-refractivity contribution is 0.559. The van der Waals surface area contributed by atoms with Crippen LogP contribution in [-0.2, 0) is 10.0 Å². The fourth-order valence-electron chi connectivity index (χ4n) is 3.35. The summed E-state index contributed by atoms with van der Waals surface area (Å²) in [5.74, 6) is -1.26. The van der Waals surface area contributed by atoms with E-state index in [4.69, 9.17) is 19.4 Å². The molecule has 12 heteroatoms. The molecule has 2 N–H and O–H groups in total. The van der Waals surface area contributed by atoms with Crippen LogP contribution in [0.2, 0.25) is 5.02 Å². The number of sulfonamides is 1. The molecule has 0 bridgehead atoms. The number of halogens is 3. The van der Waals surface area contributed by atoms with Gasteiger partial charge in [-0.15, -0.1) is 0 Å². The summed E-state index contributed by atoms with van der Waals surface area (Å²) < 4.78 is 55.0. The van der Waals surface area contributed by atoms with Crippen LogP contribution in [0.15, 0.2) is 59.6 Å². The Kier molecular flexibility index (Phi) is 7.15. The van der Waals surface area contributed by atoms with Gasteiger partial charge in [0.1, 0.15) is 25.3 Å². The molecule has 4 aromatic rings. The lowest BCUT2D eigenvalue weighted by Crippen LogP contribution is -2.25. The normalized spacial score (nSPS) is 11.7. The summed E-state index contributed by atoms with van der Waals surface area (Å²) in [6.07, 6.45) is 2.59. The molecule has 0 saturated heterocycles. The molecule has 2 aromatic carbocycles. The molecule has 0 aliphatic carbocycles. The van der Waals surface area contributed by atoms with Crippen LogP contribution in [0, 0.1) is 11.6 Å². The van der Waals surface area contributed by atoms with Crippen molar-refractivity contribution in [1.29, 1.82) is 0 Å². The van der Waals surface area contributed by atoms with Crippen molar-refractivity contribution in [3.8, 4) is 11.3 Å². The van der Waals surface area contributed by atoms with Crippen molar-refractivity contribution in [1.82, 2.24) is 19.3 Å². The molecule has 0 unspecified atom stereocenters. The molecule has 0 spiro atoms. The molecule has 0 atom stereocenters. The van der Waals surface area contributed by atoms with E-state index in [1.54, 1.807) is 10.6 Å². The lowest BCUT2D eigenvalue weighted by Gasteiger charge is -2.12. The zero-order valence-electron chi connectivity index (χ0n) is 17.8. The van der Waals surface area contributed by atoms with Crippen LogP contribution in [0.25, 0.3) is 16.9 Å². The second kappa shape index (κ2) is 10.1. The highest BCUT2D eigenvalue weighted by Crippen LogP contribution is 2.28. The van der Waals surface area contributed by atoms with Crippen LogP contribution in [0.5, 0.6) is 0 Å². The van der Waals surface area contributed by atoms with Crippen molar-refractivity contribution < 1.29 is 17.2 Å². The van der Waals surface area contributed by atoms with E-state index in [0.717, 1.165) is 17.7 Å². The molecule has 174 valence electrons. The van der Waals surface area contributed by atoms with E-state index in [1.165, 1.54) is 6.20 Å². The fraction of sp³-hybridized carbons (Fsp3) is 0.182. The second-order valence-corrected chi connectivity index (χ2v) is 9.65. The Morgan fingerprint density at radius 3 is 2.47 bits per heavy atom. The van der Waals surface area contributed by atoms with E-state index in [-0.39, 0.29) is 6.54 Å². The first-order chi connectivity index (χ1) is 16.2. The molecule has 2 aromatic heterocycles. The van der Waals surface area contributed by atoms with Gasteiger partial charge in [0.15, 0.2) is 5.65 Å². The van der Waals surface area contributed by atoms with Crippen molar-refractivity contribution in [2.75, 3.05) is 18.4 Å². The van der Waals surface area contributed by atoms with E-state index in [9.17, 15) is 17.2 Å². The predicted molar refractivity (Wildman–Crippen MR) is 128 cm³/mol. The van der Waals surface area contributed by atoms with Crippen LogP contribution < -0.4 is 15.5 Å². The summed E-state index contributed by atoms with van der Waals surface area (Å²) in [7, 11) is 2.00. The molecule has 7 nitrogen and oxygen atoms in total. The van der Waals surface area contributed by atoms with E-state index in [1.807, 2.05) is 24.3 Å².